The van der Waals surface area contributed by atoms with Gasteiger partial charge in [-0.3, -0.25) is 4.40 Å². The van der Waals surface area contributed by atoms with Crippen LogP contribution in [0.2, 0.25) is 5.02 Å². The fraction of sp³-hybridized carbons (Fsp3) is 0.267. The van der Waals surface area contributed by atoms with E-state index in [9.17, 15) is 9.50 Å². The summed E-state index contributed by atoms with van der Waals surface area (Å²) in [5, 5.41) is 19.0. The topological polar surface area (TPSA) is 66.6 Å². The molecule has 0 saturated carbocycles. The Kier molecular flexibility index (Phi) is 3.30. The van der Waals surface area contributed by atoms with Crippen molar-refractivity contribution in [2.45, 2.75) is 12.6 Å². The lowest BCUT2D eigenvalue weighted by Crippen LogP contribution is -2.23. The fourth-order valence-electron chi connectivity index (χ4n) is 2.82. The highest BCUT2D eigenvalue weighted by Crippen LogP contribution is 2.32. The van der Waals surface area contributed by atoms with Crippen LogP contribution in [0, 0.1) is 0 Å². The van der Waals surface area contributed by atoms with E-state index in [4.69, 9.17) is 11.6 Å². The summed E-state index contributed by atoms with van der Waals surface area (Å²) >= 11 is 5.87. The van der Waals surface area contributed by atoms with Crippen LogP contribution in [0.3, 0.4) is 0 Å². The molecule has 118 valence electrons. The molecule has 4 rings (SSSR count). The predicted molar refractivity (Wildman–Crippen MR) is 84.6 cm³/mol. The Balaban J connectivity index is 1.86. The molecule has 0 aliphatic carbocycles. The number of nitrogens with zero attached hydrogens (tertiary/aromatic N) is 5. The molecule has 1 fully saturated rings. The van der Waals surface area contributed by atoms with E-state index >= 15 is 0 Å². The van der Waals surface area contributed by atoms with Crippen LogP contribution in [0.5, 0.6) is 5.75 Å². The van der Waals surface area contributed by atoms with Gasteiger partial charge in [-0.1, -0.05) is 11.6 Å². The second-order valence-electron chi connectivity index (χ2n) is 5.46. The van der Waals surface area contributed by atoms with Crippen molar-refractivity contribution in [3.8, 4) is 17.1 Å². The van der Waals surface area contributed by atoms with E-state index in [1.807, 2.05) is 4.90 Å². The number of aromatic hydroxyl groups is 1. The minimum absolute atomic E-state index is 0.0135. The lowest BCUT2D eigenvalue weighted by molar-refractivity contribution is 0.364. The van der Waals surface area contributed by atoms with Crippen molar-refractivity contribution in [1.82, 2.24) is 19.6 Å². The van der Waals surface area contributed by atoms with Crippen LogP contribution < -0.4 is 4.90 Å². The summed E-state index contributed by atoms with van der Waals surface area (Å²) in [6.45, 7) is 0.882. The average molecular weight is 334 g/mol. The molecule has 0 radical (unpaired) electrons. The van der Waals surface area contributed by atoms with Crippen LogP contribution in [0.1, 0.15) is 6.42 Å². The Hall–Kier alpha value is -2.41. The number of aromatic nitrogens is 4. The van der Waals surface area contributed by atoms with Crippen molar-refractivity contribution in [2.75, 3.05) is 18.0 Å². The molecule has 1 N–H and O–H groups in total. The number of phenols is 1. The maximum atomic E-state index is 13.5. The van der Waals surface area contributed by atoms with Crippen molar-refractivity contribution < 1.29 is 9.50 Å². The first-order valence-corrected chi connectivity index (χ1v) is 7.59. The Morgan fingerprint density at radius 2 is 2.17 bits per heavy atom. The van der Waals surface area contributed by atoms with Gasteiger partial charge in [0.2, 0.25) is 0 Å². The lowest BCUT2D eigenvalue weighted by Gasteiger charge is -2.17. The van der Waals surface area contributed by atoms with Crippen LogP contribution in [0.25, 0.3) is 17.0 Å². The molecule has 1 atom stereocenters. The molecule has 0 spiro atoms. The molecule has 6 nitrogen and oxygen atoms in total. The summed E-state index contributed by atoms with van der Waals surface area (Å²) in [5.74, 6) is 1.01. The Morgan fingerprint density at radius 3 is 2.91 bits per heavy atom. The van der Waals surface area contributed by atoms with E-state index in [2.05, 4.69) is 15.2 Å². The van der Waals surface area contributed by atoms with Crippen molar-refractivity contribution in [3.63, 3.8) is 0 Å². The van der Waals surface area contributed by atoms with Gasteiger partial charge in [0.25, 0.3) is 0 Å². The summed E-state index contributed by atoms with van der Waals surface area (Å²) in [4.78, 5) is 6.15. The minimum Gasteiger partial charge on any atom is -0.507 e. The highest BCUT2D eigenvalue weighted by atomic mass is 35.5. The molecule has 1 saturated heterocycles. The standard InChI is InChI=1S/C15H13ClFN5O/c16-9-1-2-11(12(23)7-9)13-19-20-15(14-18-4-6-22(13)14)21-5-3-10(17)8-21/h1-2,4,6-7,10,23H,3,5,8H2/t10-/m0/s1. The number of phenolic OH excluding ortho intramolecular Hbond substituents is 1. The maximum Gasteiger partial charge on any atom is 0.195 e. The van der Waals surface area contributed by atoms with Crippen molar-refractivity contribution in [1.29, 1.82) is 0 Å². The van der Waals surface area contributed by atoms with Gasteiger partial charge in [-0.05, 0) is 24.6 Å². The molecule has 0 unspecified atom stereocenters. The number of rotatable bonds is 2. The molecule has 23 heavy (non-hydrogen) atoms. The number of hydrogen-bond donors (Lipinski definition) is 1. The summed E-state index contributed by atoms with van der Waals surface area (Å²) in [6.07, 6.45) is 2.99. The number of anilines is 1. The first kappa shape index (κ1) is 14.2. The first-order chi connectivity index (χ1) is 11.1. The van der Waals surface area contributed by atoms with E-state index in [-0.39, 0.29) is 5.75 Å². The minimum atomic E-state index is -0.855. The monoisotopic (exact) mass is 333 g/mol. The highest BCUT2D eigenvalue weighted by Gasteiger charge is 2.26. The summed E-state index contributed by atoms with van der Waals surface area (Å²) in [6, 6.07) is 4.79. The average Bonchev–Trinajstić information content (AvgIpc) is 3.16. The Bertz CT molecular complexity index is 883. The van der Waals surface area contributed by atoms with E-state index in [0.29, 0.717) is 47.4 Å². The third kappa shape index (κ3) is 2.37. The number of halogens is 2. The van der Waals surface area contributed by atoms with Crippen LogP contribution in [-0.4, -0.2) is 43.9 Å². The zero-order valence-corrected chi connectivity index (χ0v) is 12.8. The summed E-state index contributed by atoms with van der Waals surface area (Å²) in [7, 11) is 0. The van der Waals surface area contributed by atoms with Gasteiger partial charge >= 0.3 is 0 Å². The predicted octanol–water partition coefficient (Wildman–Crippen LogP) is 2.70. The SMILES string of the molecule is Oc1cc(Cl)ccc1-c1nnc(N2CC[C@H](F)C2)c2nccn12. The van der Waals surface area contributed by atoms with Gasteiger partial charge in [0, 0.05) is 24.0 Å². The van der Waals surface area contributed by atoms with Crippen molar-refractivity contribution in [2.24, 2.45) is 0 Å². The molecule has 1 aliphatic rings. The van der Waals surface area contributed by atoms with Crippen molar-refractivity contribution >= 4 is 23.1 Å². The second kappa shape index (κ2) is 5.34. The van der Waals surface area contributed by atoms with Gasteiger partial charge in [0.15, 0.2) is 17.3 Å². The molecular weight excluding hydrogens is 321 g/mol. The van der Waals surface area contributed by atoms with Crippen LogP contribution in [-0.2, 0) is 0 Å². The maximum absolute atomic E-state index is 13.5. The van der Waals surface area contributed by atoms with Crippen LogP contribution >= 0.6 is 11.6 Å². The molecule has 1 aliphatic heterocycles. The number of hydrogen-bond acceptors (Lipinski definition) is 5. The molecule has 3 aromatic rings. The molecule has 2 aromatic heterocycles. The number of benzene rings is 1. The summed E-state index contributed by atoms with van der Waals surface area (Å²) in [5.41, 5.74) is 1.08. The van der Waals surface area contributed by atoms with Crippen molar-refractivity contribution in [3.05, 3.63) is 35.6 Å². The molecular formula is C15H13ClFN5O. The highest BCUT2D eigenvalue weighted by molar-refractivity contribution is 6.30. The lowest BCUT2D eigenvalue weighted by atomic mass is 10.2. The third-order valence-corrected chi connectivity index (χ3v) is 4.17. The second-order valence-corrected chi connectivity index (χ2v) is 5.90. The number of imidazole rings is 1. The molecule has 8 heteroatoms. The number of fused-ring (bicyclic) bond motifs is 1. The number of alkyl halides is 1. The van der Waals surface area contributed by atoms with E-state index in [0.717, 1.165) is 0 Å². The van der Waals surface area contributed by atoms with Gasteiger partial charge in [0.05, 0.1) is 12.1 Å². The summed E-state index contributed by atoms with van der Waals surface area (Å²) < 4.78 is 15.2. The zero-order valence-electron chi connectivity index (χ0n) is 12.0. The molecule has 1 aromatic carbocycles. The van der Waals surface area contributed by atoms with E-state index in [1.165, 1.54) is 6.07 Å². The van der Waals surface area contributed by atoms with Gasteiger partial charge < -0.3 is 10.0 Å². The fourth-order valence-corrected chi connectivity index (χ4v) is 2.99. The van der Waals surface area contributed by atoms with Crippen LogP contribution in [0.15, 0.2) is 30.6 Å². The normalized spacial score (nSPS) is 18.0. The van der Waals surface area contributed by atoms with E-state index < -0.39 is 6.17 Å². The van der Waals surface area contributed by atoms with Crippen LogP contribution in [0.4, 0.5) is 10.2 Å². The van der Waals surface area contributed by atoms with Gasteiger partial charge in [-0.2, -0.15) is 0 Å². The molecule has 3 heterocycles. The Labute approximate surface area is 136 Å². The third-order valence-electron chi connectivity index (χ3n) is 3.94. The quantitative estimate of drug-likeness (QED) is 0.781. The smallest absolute Gasteiger partial charge is 0.195 e. The first-order valence-electron chi connectivity index (χ1n) is 7.21. The largest absolute Gasteiger partial charge is 0.507 e. The zero-order chi connectivity index (χ0) is 16.0. The van der Waals surface area contributed by atoms with Gasteiger partial charge in [-0.25, -0.2) is 9.37 Å². The van der Waals surface area contributed by atoms with E-state index in [1.54, 1.807) is 28.9 Å². The molecule has 0 bridgehead atoms. The van der Waals surface area contributed by atoms with Gasteiger partial charge in [0.1, 0.15) is 11.9 Å². The van der Waals surface area contributed by atoms with Gasteiger partial charge in [-0.15, -0.1) is 10.2 Å². The molecule has 0 amide bonds. The Morgan fingerprint density at radius 1 is 1.30 bits per heavy atom.